The lowest BCUT2D eigenvalue weighted by atomic mass is 10.2. The van der Waals surface area contributed by atoms with Crippen LogP contribution in [0.15, 0.2) is 66.1 Å². The Morgan fingerprint density at radius 1 is 1.16 bits per heavy atom. The summed E-state index contributed by atoms with van der Waals surface area (Å²) < 4.78 is 40.0. The number of anilines is 1. The van der Waals surface area contributed by atoms with E-state index in [4.69, 9.17) is 0 Å². The number of carbonyl (C=O) groups is 1. The summed E-state index contributed by atoms with van der Waals surface area (Å²) in [6, 6.07) is 11.2. The van der Waals surface area contributed by atoms with Gasteiger partial charge in [-0.25, -0.2) is 12.8 Å². The highest BCUT2D eigenvalue weighted by Gasteiger charge is 2.27. The number of hydrogen-bond acceptors (Lipinski definition) is 3. The van der Waals surface area contributed by atoms with E-state index in [9.17, 15) is 17.6 Å². The SMILES string of the molecule is C=CCNC(=O)CN(c1ccc(C)cc1)S(=O)(=O)c1ccc(F)cc1. The zero-order chi connectivity index (χ0) is 18.4. The van der Waals surface area contributed by atoms with Crippen LogP contribution >= 0.6 is 0 Å². The largest absolute Gasteiger partial charge is 0.351 e. The van der Waals surface area contributed by atoms with Gasteiger partial charge in [-0.3, -0.25) is 9.10 Å². The predicted molar refractivity (Wildman–Crippen MR) is 95.3 cm³/mol. The van der Waals surface area contributed by atoms with E-state index in [0.29, 0.717) is 5.69 Å². The Hall–Kier alpha value is -2.67. The minimum absolute atomic E-state index is 0.0917. The molecule has 0 aliphatic carbocycles. The molecule has 0 unspecified atom stereocenters. The molecule has 0 spiro atoms. The Labute approximate surface area is 146 Å². The fraction of sp³-hybridized carbons (Fsp3) is 0.167. The molecule has 0 saturated heterocycles. The van der Waals surface area contributed by atoms with E-state index < -0.39 is 28.3 Å². The Kier molecular flexibility index (Phi) is 5.93. The van der Waals surface area contributed by atoms with E-state index in [1.165, 1.54) is 18.2 Å². The monoisotopic (exact) mass is 362 g/mol. The highest BCUT2D eigenvalue weighted by molar-refractivity contribution is 7.92. The van der Waals surface area contributed by atoms with Crippen LogP contribution in [0.5, 0.6) is 0 Å². The Bertz CT molecular complexity index is 847. The summed E-state index contributed by atoms with van der Waals surface area (Å²) in [5, 5.41) is 2.55. The molecule has 25 heavy (non-hydrogen) atoms. The molecule has 0 saturated carbocycles. The number of carbonyl (C=O) groups excluding carboxylic acids is 1. The molecule has 0 heterocycles. The number of nitrogens with zero attached hydrogens (tertiary/aromatic N) is 1. The van der Waals surface area contributed by atoms with E-state index in [-0.39, 0.29) is 11.4 Å². The number of nitrogens with one attached hydrogen (secondary N) is 1. The van der Waals surface area contributed by atoms with Crippen LogP contribution < -0.4 is 9.62 Å². The summed E-state index contributed by atoms with van der Waals surface area (Å²) in [5.41, 5.74) is 1.31. The van der Waals surface area contributed by atoms with E-state index in [1.807, 2.05) is 6.92 Å². The maximum atomic E-state index is 13.1. The number of aryl methyl sites for hydroxylation is 1. The van der Waals surface area contributed by atoms with Gasteiger partial charge in [-0.05, 0) is 43.3 Å². The van der Waals surface area contributed by atoms with Crippen molar-refractivity contribution in [2.75, 3.05) is 17.4 Å². The van der Waals surface area contributed by atoms with Crippen LogP contribution in [-0.4, -0.2) is 27.4 Å². The first-order chi connectivity index (χ1) is 11.8. The zero-order valence-corrected chi connectivity index (χ0v) is 14.6. The third kappa shape index (κ3) is 4.67. The average molecular weight is 362 g/mol. The minimum Gasteiger partial charge on any atom is -0.351 e. The van der Waals surface area contributed by atoms with Gasteiger partial charge in [0, 0.05) is 6.54 Å². The van der Waals surface area contributed by atoms with Gasteiger partial charge in [-0.1, -0.05) is 23.8 Å². The lowest BCUT2D eigenvalue weighted by Gasteiger charge is -2.24. The maximum Gasteiger partial charge on any atom is 0.264 e. The van der Waals surface area contributed by atoms with E-state index in [2.05, 4.69) is 11.9 Å². The number of sulfonamides is 1. The van der Waals surface area contributed by atoms with Crippen LogP contribution in [0, 0.1) is 12.7 Å². The first kappa shape index (κ1) is 18.7. The van der Waals surface area contributed by atoms with Crippen molar-refractivity contribution in [2.24, 2.45) is 0 Å². The van der Waals surface area contributed by atoms with Gasteiger partial charge >= 0.3 is 0 Å². The van der Waals surface area contributed by atoms with Crippen LogP contribution in [0.2, 0.25) is 0 Å². The summed E-state index contributed by atoms with van der Waals surface area (Å²) in [6.45, 7) is 5.22. The maximum absolute atomic E-state index is 13.1. The van der Waals surface area contributed by atoms with Gasteiger partial charge in [0.05, 0.1) is 10.6 Å². The number of hydrogen-bond donors (Lipinski definition) is 1. The third-order valence-corrected chi connectivity index (χ3v) is 5.24. The van der Waals surface area contributed by atoms with Gasteiger partial charge in [0.25, 0.3) is 10.0 Å². The van der Waals surface area contributed by atoms with Crippen molar-refractivity contribution >= 4 is 21.6 Å². The van der Waals surface area contributed by atoms with Crippen LogP contribution in [0.1, 0.15) is 5.56 Å². The normalized spacial score (nSPS) is 11.0. The van der Waals surface area contributed by atoms with E-state index >= 15 is 0 Å². The van der Waals surface area contributed by atoms with Gasteiger partial charge in [-0.15, -0.1) is 6.58 Å². The second-order valence-corrected chi connectivity index (χ2v) is 7.26. The summed E-state index contributed by atoms with van der Waals surface area (Å²) in [4.78, 5) is 12.0. The van der Waals surface area contributed by atoms with Crippen LogP contribution in [0.25, 0.3) is 0 Å². The number of rotatable bonds is 7. The molecule has 0 radical (unpaired) electrons. The molecular formula is C18H19FN2O3S. The van der Waals surface area contributed by atoms with Crippen molar-refractivity contribution < 1.29 is 17.6 Å². The Balaban J connectivity index is 2.42. The Morgan fingerprint density at radius 2 is 1.76 bits per heavy atom. The highest BCUT2D eigenvalue weighted by atomic mass is 32.2. The quantitative estimate of drug-likeness (QED) is 0.770. The molecule has 0 bridgehead atoms. The lowest BCUT2D eigenvalue weighted by Crippen LogP contribution is -2.40. The van der Waals surface area contributed by atoms with Crippen molar-refractivity contribution in [1.82, 2.24) is 5.32 Å². The molecule has 2 aromatic rings. The van der Waals surface area contributed by atoms with E-state index in [1.54, 1.807) is 24.3 Å². The van der Waals surface area contributed by atoms with Crippen molar-refractivity contribution in [2.45, 2.75) is 11.8 Å². The van der Waals surface area contributed by atoms with Crippen LogP contribution in [0.3, 0.4) is 0 Å². The molecule has 0 aromatic heterocycles. The molecule has 0 fully saturated rings. The first-order valence-electron chi connectivity index (χ1n) is 7.57. The fourth-order valence-electron chi connectivity index (χ4n) is 2.13. The van der Waals surface area contributed by atoms with Gasteiger partial charge < -0.3 is 5.32 Å². The number of amides is 1. The Morgan fingerprint density at radius 3 is 2.32 bits per heavy atom. The fourth-order valence-corrected chi connectivity index (χ4v) is 3.55. The third-order valence-electron chi connectivity index (χ3n) is 3.45. The van der Waals surface area contributed by atoms with Crippen LogP contribution in [0.4, 0.5) is 10.1 Å². The van der Waals surface area contributed by atoms with E-state index in [0.717, 1.165) is 22.0 Å². The predicted octanol–water partition coefficient (Wildman–Crippen LogP) is 2.63. The molecule has 5 nitrogen and oxygen atoms in total. The molecule has 132 valence electrons. The van der Waals surface area contributed by atoms with Crippen molar-refractivity contribution in [3.8, 4) is 0 Å². The highest BCUT2D eigenvalue weighted by Crippen LogP contribution is 2.24. The second-order valence-electron chi connectivity index (χ2n) is 5.39. The molecule has 7 heteroatoms. The van der Waals surface area contributed by atoms with Crippen molar-refractivity contribution in [3.05, 3.63) is 72.6 Å². The van der Waals surface area contributed by atoms with Gasteiger partial charge in [-0.2, -0.15) is 0 Å². The molecule has 0 aliphatic heterocycles. The summed E-state index contributed by atoms with van der Waals surface area (Å²) in [6.07, 6.45) is 1.50. The molecule has 2 rings (SSSR count). The standard InChI is InChI=1S/C18H19FN2O3S/c1-3-12-20-18(22)13-21(16-8-4-14(2)5-9-16)25(23,24)17-10-6-15(19)7-11-17/h3-11H,1,12-13H2,2H3,(H,20,22). The summed E-state index contributed by atoms with van der Waals surface area (Å²) >= 11 is 0. The van der Waals surface area contributed by atoms with Gasteiger partial charge in [0.15, 0.2) is 0 Å². The smallest absolute Gasteiger partial charge is 0.264 e. The average Bonchev–Trinajstić information content (AvgIpc) is 2.59. The first-order valence-corrected chi connectivity index (χ1v) is 9.01. The second kappa shape index (κ2) is 7.94. The lowest BCUT2D eigenvalue weighted by molar-refractivity contribution is -0.119. The molecule has 1 amide bonds. The molecule has 0 aliphatic rings. The molecular weight excluding hydrogens is 343 g/mol. The van der Waals surface area contributed by atoms with Gasteiger partial charge in [0.2, 0.25) is 5.91 Å². The van der Waals surface area contributed by atoms with Crippen molar-refractivity contribution in [3.63, 3.8) is 0 Å². The van der Waals surface area contributed by atoms with Crippen LogP contribution in [-0.2, 0) is 14.8 Å². The minimum atomic E-state index is -4.02. The zero-order valence-electron chi connectivity index (χ0n) is 13.8. The summed E-state index contributed by atoms with van der Waals surface area (Å²) in [7, 11) is -4.02. The topological polar surface area (TPSA) is 66.5 Å². The molecule has 0 atom stereocenters. The number of halogens is 1. The van der Waals surface area contributed by atoms with Gasteiger partial charge in [0.1, 0.15) is 12.4 Å². The molecule has 1 N–H and O–H groups in total. The number of benzene rings is 2. The summed E-state index contributed by atoms with van der Waals surface area (Å²) in [5.74, 6) is -1.00. The van der Waals surface area contributed by atoms with Crippen molar-refractivity contribution in [1.29, 1.82) is 0 Å². The molecule has 2 aromatic carbocycles.